The minimum atomic E-state index is -10.7. The van der Waals surface area contributed by atoms with Gasteiger partial charge < -0.3 is 9.47 Å². The molecule has 206 valence electrons. The van der Waals surface area contributed by atoms with Gasteiger partial charge >= 0.3 is 66.0 Å². The van der Waals surface area contributed by atoms with E-state index in [1.165, 1.54) is 0 Å². The number of hydrogen-bond donors (Lipinski definition) is 0. The van der Waals surface area contributed by atoms with Crippen molar-refractivity contribution < 1.29 is 69.0 Å². The van der Waals surface area contributed by atoms with Crippen molar-refractivity contribution >= 4 is 15.6 Å². The van der Waals surface area contributed by atoms with Gasteiger partial charge in [-0.15, -0.1) is 0 Å². The zero-order valence-electron chi connectivity index (χ0n) is 17.7. The second-order valence-corrected chi connectivity index (χ2v) is 10.6. The van der Waals surface area contributed by atoms with Crippen molar-refractivity contribution in [1.82, 2.24) is 9.13 Å². The fourth-order valence-electron chi connectivity index (χ4n) is 1.93. The number of imidazole rings is 2. The first kappa shape index (κ1) is 32.4. The first-order chi connectivity index (χ1) is 14.6. The van der Waals surface area contributed by atoms with Crippen LogP contribution in [0, 0.1) is 0 Å². The summed E-state index contributed by atoms with van der Waals surface area (Å²) in [5, 5.41) is 0. The molecule has 0 saturated carbocycles. The van der Waals surface area contributed by atoms with Gasteiger partial charge in [0.05, 0.1) is 40.5 Å². The Morgan fingerprint density at radius 2 is 0.824 bits per heavy atom. The number of nitrogens with zero attached hydrogens (tertiary/aromatic N) is 4. The van der Waals surface area contributed by atoms with Crippen molar-refractivity contribution in [3.05, 3.63) is 37.4 Å². The standard InChI is InChI=1S/C14H24N4O2.2F6P/c1-15-3-5-17(13-15)7-9-19-11-12-20-10-8-18-6-4-16(2)14-18;2*1-7(2,3,4,5)6/h3-6,13-14H,7-12H2,1-2H3;;/q+2;2*-1. The van der Waals surface area contributed by atoms with Crippen molar-refractivity contribution in [2.45, 2.75) is 13.1 Å². The first-order valence-corrected chi connectivity index (χ1v) is 13.0. The molecule has 0 fully saturated rings. The van der Waals surface area contributed by atoms with Gasteiger partial charge in [-0.3, -0.25) is 0 Å². The van der Waals surface area contributed by atoms with Crippen LogP contribution in [0.2, 0.25) is 0 Å². The van der Waals surface area contributed by atoms with Gasteiger partial charge in [-0.2, -0.15) is 0 Å². The monoisotopic (exact) mass is 570 g/mol. The Morgan fingerprint density at radius 3 is 1.03 bits per heavy atom. The number of hydrogen-bond acceptors (Lipinski definition) is 2. The molecule has 2 aromatic heterocycles. The Kier molecular flexibility index (Phi) is 9.31. The molecule has 0 aliphatic rings. The Balaban J connectivity index is 0.000000642. The summed E-state index contributed by atoms with van der Waals surface area (Å²) in [6, 6.07) is 0. The van der Waals surface area contributed by atoms with Crippen molar-refractivity contribution in [3.8, 4) is 0 Å². The molecule has 2 heterocycles. The SMILES string of the molecule is C[n+]1ccn(CCOCCOCCn2cc[n+](C)c2)c1.F[P-](F)(F)(F)(F)F.F[P-](F)(F)(F)(F)F. The van der Waals surface area contributed by atoms with Crippen LogP contribution in [-0.4, -0.2) is 35.6 Å². The van der Waals surface area contributed by atoms with Crippen LogP contribution in [0.3, 0.4) is 0 Å². The van der Waals surface area contributed by atoms with Crippen LogP contribution in [0.1, 0.15) is 0 Å². The predicted molar refractivity (Wildman–Crippen MR) is 100.0 cm³/mol. The Labute approximate surface area is 185 Å². The molecule has 0 bridgehead atoms. The van der Waals surface area contributed by atoms with Crippen LogP contribution in [0.4, 0.5) is 50.4 Å². The van der Waals surface area contributed by atoms with E-state index in [-0.39, 0.29) is 0 Å². The van der Waals surface area contributed by atoms with E-state index in [1.807, 2.05) is 60.7 Å². The average molecular weight is 570 g/mol. The fraction of sp³-hybridized carbons (Fsp3) is 0.571. The average Bonchev–Trinajstić information content (AvgIpc) is 3.12. The van der Waals surface area contributed by atoms with E-state index in [1.54, 1.807) is 0 Å². The summed E-state index contributed by atoms with van der Waals surface area (Å²) in [6.07, 6.45) is 12.2. The van der Waals surface area contributed by atoms with Gasteiger partial charge in [-0.05, 0) is 0 Å². The molecule has 0 aliphatic heterocycles. The van der Waals surface area contributed by atoms with Crippen LogP contribution >= 0.6 is 15.6 Å². The van der Waals surface area contributed by atoms with E-state index in [0.717, 1.165) is 13.1 Å². The van der Waals surface area contributed by atoms with Crippen molar-refractivity contribution in [2.75, 3.05) is 26.4 Å². The van der Waals surface area contributed by atoms with Gasteiger partial charge in [0.25, 0.3) is 0 Å². The number of aryl methyl sites for hydroxylation is 2. The molecule has 0 radical (unpaired) electrons. The number of ether oxygens (including phenoxy) is 2. The zero-order chi connectivity index (χ0) is 27.0. The van der Waals surface area contributed by atoms with Crippen molar-refractivity contribution in [1.29, 1.82) is 0 Å². The molecular formula is C14H24F12N4O2P2. The van der Waals surface area contributed by atoms with E-state index >= 15 is 0 Å². The van der Waals surface area contributed by atoms with E-state index in [9.17, 15) is 50.4 Å². The molecule has 0 atom stereocenters. The summed E-state index contributed by atoms with van der Waals surface area (Å²) in [6.45, 7) is 4.47. The molecule has 0 N–H and O–H groups in total. The second-order valence-electron chi connectivity index (χ2n) is 6.78. The van der Waals surface area contributed by atoms with Gasteiger partial charge in [-0.25, -0.2) is 18.3 Å². The molecule has 34 heavy (non-hydrogen) atoms. The molecule has 6 nitrogen and oxygen atoms in total. The molecule has 0 unspecified atom stereocenters. The zero-order valence-corrected chi connectivity index (χ0v) is 19.5. The van der Waals surface area contributed by atoms with E-state index < -0.39 is 15.6 Å². The van der Waals surface area contributed by atoms with Crippen LogP contribution in [0.5, 0.6) is 0 Å². The Morgan fingerprint density at radius 1 is 0.559 bits per heavy atom. The normalized spacial score (nSPS) is 16.1. The third-order valence-electron chi connectivity index (χ3n) is 3.01. The predicted octanol–water partition coefficient (Wildman–Crippen LogP) is 6.44. The molecule has 0 saturated heterocycles. The molecule has 20 heteroatoms. The summed E-state index contributed by atoms with van der Waals surface area (Å²) in [4.78, 5) is 0. The van der Waals surface area contributed by atoms with E-state index in [0.29, 0.717) is 26.4 Å². The maximum atomic E-state index is 9.87. The molecule has 0 aliphatic carbocycles. The summed E-state index contributed by atoms with van der Waals surface area (Å²) < 4.78 is 138. The van der Waals surface area contributed by atoms with E-state index in [2.05, 4.69) is 9.13 Å². The van der Waals surface area contributed by atoms with Crippen LogP contribution < -0.4 is 9.13 Å². The number of rotatable bonds is 9. The minimum absolute atomic E-state index is 0.646. The van der Waals surface area contributed by atoms with Crippen LogP contribution in [0.15, 0.2) is 37.4 Å². The Hall–Kier alpha value is -1.64. The maximum absolute atomic E-state index is 10.7. The quantitative estimate of drug-likeness (QED) is 0.151. The number of aromatic nitrogens is 4. The van der Waals surface area contributed by atoms with Crippen molar-refractivity contribution in [2.24, 2.45) is 14.1 Å². The summed E-state index contributed by atoms with van der Waals surface area (Å²) in [5.74, 6) is 0. The van der Waals surface area contributed by atoms with Gasteiger partial charge in [0.1, 0.15) is 37.9 Å². The Bertz CT molecular complexity index is 797. The van der Waals surface area contributed by atoms with E-state index in [4.69, 9.17) is 9.47 Å². The molecule has 2 rings (SSSR count). The molecule has 0 spiro atoms. The summed E-state index contributed by atoms with van der Waals surface area (Å²) >= 11 is 0. The molecular weight excluding hydrogens is 546 g/mol. The number of halogens is 12. The topological polar surface area (TPSA) is 36.1 Å². The van der Waals surface area contributed by atoms with Crippen LogP contribution in [0.25, 0.3) is 0 Å². The fourth-order valence-corrected chi connectivity index (χ4v) is 1.93. The van der Waals surface area contributed by atoms with Crippen molar-refractivity contribution in [3.63, 3.8) is 0 Å². The molecule has 0 amide bonds. The summed E-state index contributed by atoms with van der Waals surface area (Å²) in [7, 11) is -17.3. The van der Waals surface area contributed by atoms with Gasteiger partial charge in [0.2, 0.25) is 12.7 Å². The second kappa shape index (κ2) is 9.78. The third kappa shape index (κ3) is 35.0. The van der Waals surface area contributed by atoms with Gasteiger partial charge in [-0.1, -0.05) is 0 Å². The molecule has 2 aromatic rings. The summed E-state index contributed by atoms with van der Waals surface area (Å²) in [5.41, 5.74) is 0. The van der Waals surface area contributed by atoms with Gasteiger partial charge in [0.15, 0.2) is 0 Å². The van der Waals surface area contributed by atoms with Crippen LogP contribution in [-0.2, 0) is 36.7 Å². The van der Waals surface area contributed by atoms with Gasteiger partial charge in [0, 0.05) is 0 Å². The first-order valence-electron chi connectivity index (χ1n) is 8.94. The third-order valence-corrected chi connectivity index (χ3v) is 3.01. The molecule has 0 aromatic carbocycles.